The molecule has 1 aromatic heterocycles. The average molecular weight is 271 g/mol. The third-order valence-corrected chi connectivity index (χ3v) is 3.63. The molecule has 0 aliphatic heterocycles. The zero-order chi connectivity index (χ0) is 14.9. The van der Waals surface area contributed by atoms with E-state index in [-0.39, 0.29) is 11.3 Å². The summed E-state index contributed by atoms with van der Waals surface area (Å²) in [4.78, 5) is 12.6. The first kappa shape index (κ1) is 14.4. The first-order chi connectivity index (χ1) is 9.32. The van der Waals surface area contributed by atoms with Crippen LogP contribution in [0.1, 0.15) is 49.2 Å². The number of aromatic nitrogens is 3. The van der Waals surface area contributed by atoms with Crippen LogP contribution in [0.25, 0.3) is 0 Å². The number of aryl methyl sites for hydroxylation is 1. The zero-order valence-electron chi connectivity index (χ0n) is 12.7. The van der Waals surface area contributed by atoms with Crippen LogP contribution < -0.4 is 0 Å². The smallest absolute Gasteiger partial charge is 0.139 e. The fourth-order valence-electron chi connectivity index (χ4n) is 2.64. The van der Waals surface area contributed by atoms with Gasteiger partial charge >= 0.3 is 0 Å². The Hall–Kier alpha value is -1.97. The molecule has 0 bridgehead atoms. The fourth-order valence-corrected chi connectivity index (χ4v) is 2.64. The molecule has 0 spiro atoms. The van der Waals surface area contributed by atoms with Crippen molar-refractivity contribution in [1.82, 2.24) is 15.0 Å². The molecule has 1 heterocycles. The highest BCUT2D eigenvalue weighted by molar-refractivity contribution is 5.47. The summed E-state index contributed by atoms with van der Waals surface area (Å²) in [6, 6.07) is 3.68. The number of nitrogens with zero attached hydrogens (tertiary/aromatic N) is 3. The van der Waals surface area contributed by atoms with E-state index < -0.39 is 0 Å². The molecule has 0 aliphatic carbocycles. The largest absolute Gasteiger partial charge is 0.508 e. The normalized spacial score (nSPS) is 13.2. The Labute approximate surface area is 119 Å². The summed E-state index contributed by atoms with van der Waals surface area (Å²) in [5.41, 5.74) is 3.07. The second kappa shape index (κ2) is 5.19. The molecular weight excluding hydrogens is 250 g/mol. The van der Waals surface area contributed by atoms with Gasteiger partial charge in [0.25, 0.3) is 0 Å². The Morgan fingerprint density at radius 3 is 2.20 bits per heavy atom. The first-order valence-electron chi connectivity index (χ1n) is 6.73. The van der Waals surface area contributed by atoms with Gasteiger partial charge in [-0.15, -0.1) is 0 Å². The van der Waals surface area contributed by atoms with E-state index in [4.69, 9.17) is 0 Å². The van der Waals surface area contributed by atoms with Crippen molar-refractivity contribution in [3.05, 3.63) is 47.3 Å². The van der Waals surface area contributed by atoms with E-state index in [9.17, 15) is 5.11 Å². The van der Waals surface area contributed by atoms with E-state index in [1.54, 1.807) is 6.07 Å². The lowest BCUT2D eigenvalue weighted by Gasteiger charge is -2.32. The standard InChI is InChI=1S/C16H21N3O/c1-10-6-7-12(20)11(2)13(10)14(16(3,4)5)15-18-8-17-9-19-15/h6-9,14,20H,1-5H3. The lowest BCUT2D eigenvalue weighted by atomic mass is 9.73. The van der Waals surface area contributed by atoms with Crippen LogP contribution in [0.2, 0.25) is 0 Å². The van der Waals surface area contributed by atoms with Crippen LogP contribution in [-0.4, -0.2) is 20.1 Å². The van der Waals surface area contributed by atoms with Crippen LogP contribution in [-0.2, 0) is 0 Å². The third-order valence-electron chi connectivity index (χ3n) is 3.63. The molecule has 2 aromatic rings. The number of rotatable bonds is 2. The predicted octanol–water partition coefficient (Wildman–Crippen LogP) is 3.37. The van der Waals surface area contributed by atoms with Crippen LogP contribution in [0.5, 0.6) is 5.75 Å². The summed E-state index contributed by atoms with van der Waals surface area (Å²) < 4.78 is 0. The molecule has 0 saturated carbocycles. The molecule has 0 aliphatic rings. The highest BCUT2D eigenvalue weighted by atomic mass is 16.3. The van der Waals surface area contributed by atoms with E-state index in [1.165, 1.54) is 12.7 Å². The molecule has 1 N–H and O–H groups in total. The van der Waals surface area contributed by atoms with Gasteiger partial charge in [-0.3, -0.25) is 0 Å². The van der Waals surface area contributed by atoms with Crippen molar-refractivity contribution >= 4 is 0 Å². The van der Waals surface area contributed by atoms with Crippen molar-refractivity contribution in [2.75, 3.05) is 0 Å². The topological polar surface area (TPSA) is 58.9 Å². The van der Waals surface area contributed by atoms with Crippen molar-refractivity contribution in [3.8, 4) is 5.75 Å². The molecule has 4 heteroatoms. The summed E-state index contributed by atoms with van der Waals surface area (Å²) >= 11 is 0. The average Bonchev–Trinajstić information content (AvgIpc) is 2.39. The van der Waals surface area contributed by atoms with Gasteiger partial charge in [-0.2, -0.15) is 0 Å². The third kappa shape index (κ3) is 2.64. The van der Waals surface area contributed by atoms with Crippen LogP contribution in [0, 0.1) is 19.3 Å². The highest BCUT2D eigenvalue weighted by Crippen LogP contribution is 2.43. The molecular formula is C16H21N3O. The molecule has 1 unspecified atom stereocenters. The van der Waals surface area contributed by atoms with Crippen LogP contribution >= 0.6 is 0 Å². The minimum absolute atomic E-state index is 0.0117. The summed E-state index contributed by atoms with van der Waals surface area (Å²) in [6.07, 6.45) is 3.04. The van der Waals surface area contributed by atoms with Gasteiger partial charge in [0.1, 0.15) is 24.2 Å². The lowest BCUT2D eigenvalue weighted by molar-refractivity contribution is 0.343. The zero-order valence-corrected chi connectivity index (χ0v) is 12.7. The highest BCUT2D eigenvalue weighted by Gasteiger charge is 2.33. The summed E-state index contributed by atoms with van der Waals surface area (Å²) in [6.45, 7) is 10.5. The van der Waals surface area contributed by atoms with Gasteiger partial charge in [0.05, 0.1) is 0 Å². The molecule has 4 nitrogen and oxygen atoms in total. The summed E-state index contributed by atoms with van der Waals surface area (Å²) in [5, 5.41) is 10.0. The van der Waals surface area contributed by atoms with Crippen molar-refractivity contribution in [1.29, 1.82) is 0 Å². The fraction of sp³-hybridized carbons (Fsp3) is 0.438. The minimum atomic E-state index is -0.0648. The van der Waals surface area contributed by atoms with Gasteiger partial charge in [0.2, 0.25) is 0 Å². The number of phenolic OH excluding ortho intramolecular Hbond substituents is 1. The quantitative estimate of drug-likeness (QED) is 0.909. The second-order valence-corrected chi connectivity index (χ2v) is 6.24. The number of aromatic hydroxyl groups is 1. The maximum Gasteiger partial charge on any atom is 0.139 e. The lowest BCUT2D eigenvalue weighted by Crippen LogP contribution is -2.23. The summed E-state index contributed by atoms with van der Waals surface area (Å²) in [7, 11) is 0. The van der Waals surface area contributed by atoms with Gasteiger partial charge in [0, 0.05) is 5.92 Å². The van der Waals surface area contributed by atoms with E-state index in [0.29, 0.717) is 5.75 Å². The molecule has 0 fully saturated rings. The number of phenols is 1. The van der Waals surface area contributed by atoms with Gasteiger partial charge in [-0.05, 0) is 42.0 Å². The first-order valence-corrected chi connectivity index (χ1v) is 6.73. The number of benzene rings is 1. The number of hydrogen-bond donors (Lipinski definition) is 1. The molecule has 106 valence electrons. The van der Waals surface area contributed by atoms with Gasteiger partial charge in [-0.1, -0.05) is 26.8 Å². The predicted molar refractivity (Wildman–Crippen MR) is 78.7 cm³/mol. The minimum Gasteiger partial charge on any atom is -0.508 e. The Morgan fingerprint density at radius 1 is 1.05 bits per heavy atom. The SMILES string of the molecule is Cc1ccc(O)c(C)c1C(c1ncncn1)C(C)(C)C. The van der Waals surface area contributed by atoms with E-state index in [0.717, 1.165) is 22.5 Å². The second-order valence-electron chi connectivity index (χ2n) is 6.24. The Balaban J connectivity index is 2.69. The van der Waals surface area contributed by atoms with Crippen molar-refractivity contribution < 1.29 is 5.11 Å². The van der Waals surface area contributed by atoms with Crippen molar-refractivity contribution in [2.45, 2.75) is 40.5 Å². The van der Waals surface area contributed by atoms with Crippen molar-refractivity contribution in [2.24, 2.45) is 5.41 Å². The van der Waals surface area contributed by atoms with E-state index in [1.807, 2.05) is 13.0 Å². The maximum atomic E-state index is 10.0. The van der Waals surface area contributed by atoms with Crippen LogP contribution in [0.4, 0.5) is 0 Å². The van der Waals surface area contributed by atoms with Crippen molar-refractivity contribution in [3.63, 3.8) is 0 Å². The summed E-state index contributed by atoms with van der Waals surface area (Å²) in [5.74, 6) is 1.07. The molecule has 20 heavy (non-hydrogen) atoms. The van der Waals surface area contributed by atoms with Gasteiger partial charge in [0.15, 0.2) is 0 Å². The van der Waals surface area contributed by atoms with E-state index >= 15 is 0 Å². The molecule has 0 amide bonds. The van der Waals surface area contributed by atoms with Crippen LogP contribution in [0.15, 0.2) is 24.8 Å². The van der Waals surface area contributed by atoms with Gasteiger partial charge < -0.3 is 5.11 Å². The molecule has 0 saturated heterocycles. The Kier molecular flexibility index (Phi) is 3.75. The van der Waals surface area contributed by atoms with Gasteiger partial charge in [-0.25, -0.2) is 15.0 Å². The Morgan fingerprint density at radius 2 is 1.65 bits per heavy atom. The maximum absolute atomic E-state index is 10.0. The molecule has 1 atom stereocenters. The monoisotopic (exact) mass is 271 g/mol. The molecule has 0 radical (unpaired) electrons. The number of hydrogen-bond acceptors (Lipinski definition) is 4. The molecule has 2 rings (SSSR count). The van der Waals surface area contributed by atoms with E-state index in [2.05, 4.69) is 42.6 Å². The molecule has 1 aromatic carbocycles. The Bertz CT molecular complexity index is 603. The van der Waals surface area contributed by atoms with Crippen LogP contribution in [0.3, 0.4) is 0 Å².